The quantitative estimate of drug-likeness (QED) is 0.827. The predicted molar refractivity (Wildman–Crippen MR) is 85.7 cm³/mol. The second-order valence-electron chi connectivity index (χ2n) is 6.05. The Morgan fingerprint density at radius 2 is 2.10 bits per heavy atom. The van der Waals surface area contributed by atoms with Crippen molar-refractivity contribution in [3.63, 3.8) is 0 Å². The number of nitrogens with one attached hydrogen (secondary N) is 1. The number of nitrogens with zero attached hydrogens (tertiary/aromatic N) is 1. The standard InChI is InChI=1S/C15H25N3O2S/c1-11-6-7-14(16)15(12(11)2)21(19,20)17-9-13-5-4-8-18(3)10-13/h6-7,13,17H,4-5,8-10,16H2,1-3H3. The van der Waals surface area contributed by atoms with Crippen molar-refractivity contribution >= 4 is 15.7 Å². The molecule has 0 amide bonds. The SMILES string of the molecule is Cc1ccc(N)c(S(=O)(=O)NCC2CCCN(C)C2)c1C. The molecule has 1 aliphatic rings. The molecular weight excluding hydrogens is 286 g/mol. The van der Waals surface area contributed by atoms with Crippen LogP contribution in [0.3, 0.4) is 0 Å². The van der Waals surface area contributed by atoms with Crippen LogP contribution >= 0.6 is 0 Å². The van der Waals surface area contributed by atoms with Crippen molar-refractivity contribution in [2.75, 3.05) is 32.4 Å². The molecule has 118 valence electrons. The Morgan fingerprint density at radius 1 is 1.38 bits per heavy atom. The molecule has 0 aromatic heterocycles. The first-order valence-corrected chi connectivity index (χ1v) is 8.83. The zero-order chi connectivity index (χ0) is 15.6. The van der Waals surface area contributed by atoms with Crippen LogP contribution in [-0.2, 0) is 10.0 Å². The molecule has 6 heteroatoms. The first-order chi connectivity index (χ1) is 9.81. The topological polar surface area (TPSA) is 75.4 Å². The van der Waals surface area contributed by atoms with Crippen LogP contribution in [0.1, 0.15) is 24.0 Å². The van der Waals surface area contributed by atoms with Gasteiger partial charge in [-0.3, -0.25) is 0 Å². The van der Waals surface area contributed by atoms with E-state index in [0.29, 0.717) is 18.2 Å². The van der Waals surface area contributed by atoms with E-state index in [1.165, 1.54) is 0 Å². The molecular formula is C15H25N3O2S. The van der Waals surface area contributed by atoms with E-state index < -0.39 is 10.0 Å². The maximum absolute atomic E-state index is 12.5. The highest BCUT2D eigenvalue weighted by atomic mass is 32.2. The Morgan fingerprint density at radius 3 is 2.76 bits per heavy atom. The summed E-state index contributed by atoms with van der Waals surface area (Å²) in [5.74, 6) is 0.366. The molecule has 3 N–H and O–H groups in total. The molecule has 1 atom stereocenters. The largest absolute Gasteiger partial charge is 0.398 e. The van der Waals surface area contributed by atoms with E-state index in [9.17, 15) is 8.42 Å². The first kappa shape index (κ1) is 16.3. The molecule has 1 aromatic carbocycles. The maximum Gasteiger partial charge on any atom is 0.242 e. The summed E-state index contributed by atoms with van der Waals surface area (Å²) in [4.78, 5) is 2.47. The number of anilines is 1. The van der Waals surface area contributed by atoms with Gasteiger partial charge in [-0.2, -0.15) is 0 Å². The molecule has 0 aliphatic carbocycles. The van der Waals surface area contributed by atoms with Crippen LogP contribution in [0.5, 0.6) is 0 Å². The van der Waals surface area contributed by atoms with Crippen LogP contribution in [-0.4, -0.2) is 40.0 Å². The highest BCUT2D eigenvalue weighted by molar-refractivity contribution is 7.89. The minimum atomic E-state index is -3.55. The number of rotatable bonds is 4. The van der Waals surface area contributed by atoms with E-state index in [1.807, 2.05) is 13.0 Å². The number of hydrogen-bond donors (Lipinski definition) is 2. The summed E-state index contributed by atoms with van der Waals surface area (Å²) < 4.78 is 27.8. The molecule has 0 radical (unpaired) electrons. The number of sulfonamides is 1. The Balaban J connectivity index is 2.14. The lowest BCUT2D eigenvalue weighted by atomic mass is 9.99. The Kier molecular flexibility index (Phi) is 4.91. The summed E-state index contributed by atoms with van der Waals surface area (Å²) in [6.07, 6.45) is 2.18. The number of likely N-dealkylation sites (tertiary alicyclic amines) is 1. The Hall–Kier alpha value is -1.11. The highest BCUT2D eigenvalue weighted by Crippen LogP contribution is 2.25. The van der Waals surface area contributed by atoms with Gasteiger partial charge in [0.15, 0.2) is 0 Å². The van der Waals surface area contributed by atoms with Gasteiger partial charge in [0.2, 0.25) is 10.0 Å². The van der Waals surface area contributed by atoms with Crippen molar-refractivity contribution in [2.45, 2.75) is 31.6 Å². The lowest BCUT2D eigenvalue weighted by molar-refractivity contribution is 0.211. The highest BCUT2D eigenvalue weighted by Gasteiger charge is 2.24. The monoisotopic (exact) mass is 311 g/mol. The van der Waals surface area contributed by atoms with Gasteiger partial charge in [0.25, 0.3) is 0 Å². The van der Waals surface area contributed by atoms with Crippen LogP contribution < -0.4 is 10.5 Å². The Labute approximate surface area is 127 Å². The number of hydrogen-bond acceptors (Lipinski definition) is 4. The summed E-state index contributed by atoms with van der Waals surface area (Å²) in [6.45, 7) is 6.19. The molecule has 5 nitrogen and oxygen atoms in total. The number of aryl methyl sites for hydroxylation is 1. The minimum Gasteiger partial charge on any atom is -0.398 e. The van der Waals surface area contributed by atoms with E-state index in [2.05, 4.69) is 16.7 Å². The number of nitrogen functional groups attached to an aromatic ring is 1. The van der Waals surface area contributed by atoms with Gasteiger partial charge in [-0.15, -0.1) is 0 Å². The van der Waals surface area contributed by atoms with Gasteiger partial charge in [-0.05, 0) is 63.4 Å². The second-order valence-corrected chi connectivity index (χ2v) is 7.75. The Bertz CT molecular complexity index is 614. The fourth-order valence-corrected chi connectivity index (χ4v) is 4.45. The summed E-state index contributed by atoms with van der Waals surface area (Å²) in [6, 6.07) is 3.51. The normalized spacial score (nSPS) is 20.6. The molecule has 0 saturated carbocycles. The van der Waals surface area contributed by atoms with Crippen molar-refractivity contribution in [1.29, 1.82) is 0 Å². The van der Waals surface area contributed by atoms with Crippen LogP contribution in [0.4, 0.5) is 5.69 Å². The first-order valence-electron chi connectivity index (χ1n) is 7.35. The van der Waals surface area contributed by atoms with Gasteiger partial charge in [-0.25, -0.2) is 13.1 Å². The third kappa shape index (κ3) is 3.75. The van der Waals surface area contributed by atoms with Gasteiger partial charge in [0.05, 0.1) is 5.69 Å². The molecule has 1 heterocycles. The van der Waals surface area contributed by atoms with Crippen LogP contribution in [0.2, 0.25) is 0 Å². The van der Waals surface area contributed by atoms with E-state index >= 15 is 0 Å². The third-order valence-corrected chi connectivity index (χ3v) is 5.89. The molecule has 1 aliphatic heterocycles. The predicted octanol–water partition coefficient (Wildman–Crippen LogP) is 1.51. The lowest BCUT2D eigenvalue weighted by Gasteiger charge is -2.29. The van der Waals surface area contributed by atoms with Crippen LogP contribution in [0.25, 0.3) is 0 Å². The van der Waals surface area contributed by atoms with Crippen molar-refractivity contribution < 1.29 is 8.42 Å². The van der Waals surface area contributed by atoms with Gasteiger partial charge >= 0.3 is 0 Å². The zero-order valence-electron chi connectivity index (χ0n) is 13.0. The molecule has 1 unspecified atom stereocenters. The molecule has 1 fully saturated rings. The molecule has 21 heavy (non-hydrogen) atoms. The molecule has 2 rings (SSSR count). The van der Waals surface area contributed by atoms with Gasteiger partial charge < -0.3 is 10.6 Å². The third-order valence-electron chi connectivity index (χ3n) is 4.26. The van der Waals surface area contributed by atoms with E-state index in [0.717, 1.165) is 37.1 Å². The van der Waals surface area contributed by atoms with Crippen molar-refractivity contribution in [3.05, 3.63) is 23.3 Å². The fourth-order valence-electron chi connectivity index (χ4n) is 2.91. The molecule has 0 bridgehead atoms. The fraction of sp³-hybridized carbons (Fsp3) is 0.600. The second kappa shape index (κ2) is 6.34. The van der Waals surface area contributed by atoms with E-state index in [-0.39, 0.29) is 4.90 Å². The number of piperidine rings is 1. The lowest BCUT2D eigenvalue weighted by Crippen LogP contribution is -2.39. The van der Waals surface area contributed by atoms with Gasteiger partial charge in [-0.1, -0.05) is 6.07 Å². The molecule has 0 spiro atoms. The van der Waals surface area contributed by atoms with Gasteiger partial charge in [0, 0.05) is 13.1 Å². The van der Waals surface area contributed by atoms with Crippen LogP contribution in [0, 0.1) is 19.8 Å². The molecule has 1 saturated heterocycles. The van der Waals surface area contributed by atoms with Crippen LogP contribution in [0.15, 0.2) is 17.0 Å². The smallest absolute Gasteiger partial charge is 0.242 e. The summed E-state index contributed by atoms with van der Waals surface area (Å²) in [7, 11) is -1.48. The average Bonchev–Trinajstić information content (AvgIpc) is 2.41. The number of benzene rings is 1. The van der Waals surface area contributed by atoms with Crippen molar-refractivity contribution in [3.8, 4) is 0 Å². The van der Waals surface area contributed by atoms with Crippen molar-refractivity contribution in [1.82, 2.24) is 9.62 Å². The van der Waals surface area contributed by atoms with Crippen molar-refractivity contribution in [2.24, 2.45) is 5.92 Å². The zero-order valence-corrected chi connectivity index (χ0v) is 13.8. The number of nitrogens with two attached hydrogens (primary N) is 1. The summed E-state index contributed by atoms with van der Waals surface area (Å²) in [5, 5.41) is 0. The minimum absolute atomic E-state index is 0.228. The van der Waals surface area contributed by atoms with E-state index in [1.54, 1.807) is 13.0 Å². The molecule has 1 aromatic rings. The van der Waals surface area contributed by atoms with E-state index in [4.69, 9.17) is 5.73 Å². The van der Waals surface area contributed by atoms with Gasteiger partial charge in [0.1, 0.15) is 4.90 Å². The summed E-state index contributed by atoms with van der Waals surface area (Å²) in [5.41, 5.74) is 7.85. The summed E-state index contributed by atoms with van der Waals surface area (Å²) >= 11 is 0. The average molecular weight is 311 g/mol. The maximum atomic E-state index is 12.5.